The summed E-state index contributed by atoms with van der Waals surface area (Å²) >= 11 is 1.30. The van der Waals surface area contributed by atoms with Crippen molar-refractivity contribution < 1.29 is 9.18 Å². The lowest BCUT2D eigenvalue weighted by molar-refractivity contribution is 0.0985. The van der Waals surface area contributed by atoms with Gasteiger partial charge in [0.25, 0.3) is 5.91 Å². The molecular weight excluding hydrogens is 387 g/mol. The molecule has 0 N–H and O–H groups in total. The van der Waals surface area contributed by atoms with Gasteiger partial charge in [-0.05, 0) is 54.1 Å². The molecule has 0 unspecified atom stereocenters. The van der Waals surface area contributed by atoms with Gasteiger partial charge in [0.05, 0.1) is 16.8 Å². The molecule has 2 aromatic carbocycles. The summed E-state index contributed by atoms with van der Waals surface area (Å²) in [6, 6.07) is 15.6. The fourth-order valence-electron chi connectivity index (χ4n) is 2.96. The minimum absolute atomic E-state index is 0.168. The van der Waals surface area contributed by atoms with Crippen LogP contribution in [0.3, 0.4) is 0 Å². The molecule has 0 saturated heterocycles. The SMILES string of the molecule is CN(C)c1ccc(C(=O)N(Cc2cccnc2)c2nc3ccc(F)cc3s2)cc1. The summed E-state index contributed by atoms with van der Waals surface area (Å²) in [5, 5.41) is 0.524. The highest BCUT2D eigenvalue weighted by molar-refractivity contribution is 7.22. The average molecular weight is 406 g/mol. The van der Waals surface area contributed by atoms with Gasteiger partial charge in [-0.25, -0.2) is 9.37 Å². The number of anilines is 2. The van der Waals surface area contributed by atoms with Crippen molar-refractivity contribution >= 4 is 38.3 Å². The zero-order valence-corrected chi connectivity index (χ0v) is 16.9. The number of hydrogen-bond donors (Lipinski definition) is 0. The van der Waals surface area contributed by atoms with Crippen LogP contribution in [0.2, 0.25) is 0 Å². The number of benzene rings is 2. The standard InChI is InChI=1S/C22H19FN4OS/c1-26(2)18-8-5-16(6-9-18)21(28)27(14-15-4-3-11-24-13-15)22-25-19-10-7-17(23)12-20(19)29-22/h3-13H,14H2,1-2H3. The fourth-order valence-corrected chi connectivity index (χ4v) is 3.95. The first-order valence-corrected chi connectivity index (χ1v) is 9.87. The molecule has 5 nitrogen and oxygen atoms in total. The first-order chi connectivity index (χ1) is 14.0. The first-order valence-electron chi connectivity index (χ1n) is 9.05. The Balaban J connectivity index is 1.73. The van der Waals surface area contributed by atoms with Crippen LogP contribution in [0.4, 0.5) is 15.2 Å². The van der Waals surface area contributed by atoms with Gasteiger partial charge in [-0.3, -0.25) is 14.7 Å². The number of aromatic nitrogens is 2. The number of carbonyl (C=O) groups excluding carboxylic acids is 1. The van der Waals surface area contributed by atoms with E-state index in [1.807, 2.05) is 43.3 Å². The molecule has 4 aromatic rings. The van der Waals surface area contributed by atoms with E-state index in [4.69, 9.17) is 0 Å². The average Bonchev–Trinajstić information content (AvgIpc) is 3.15. The van der Waals surface area contributed by atoms with Gasteiger partial charge in [0.2, 0.25) is 0 Å². The highest BCUT2D eigenvalue weighted by atomic mass is 32.1. The highest BCUT2D eigenvalue weighted by Crippen LogP contribution is 2.31. The zero-order valence-electron chi connectivity index (χ0n) is 16.0. The Labute approximate surface area is 172 Å². The van der Waals surface area contributed by atoms with E-state index in [1.54, 1.807) is 35.5 Å². The Morgan fingerprint density at radius 2 is 1.90 bits per heavy atom. The Kier molecular flexibility index (Phi) is 5.22. The van der Waals surface area contributed by atoms with E-state index in [9.17, 15) is 9.18 Å². The summed E-state index contributed by atoms with van der Waals surface area (Å²) in [7, 11) is 3.90. The molecule has 0 atom stereocenters. The molecule has 0 saturated carbocycles. The van der Waals surface area contributed by atoms with Gasteiger partial charge in [-0.1, -0.05) is 17.4 Å². The maximum Gasteiger partial charge on any atom is 0.260 e. The lowest BCUT2D eigenvalue weighted by Crippen LogP contribution is -2.30. The van der Waals surface area contributed by atoms with Crippen LogP contribution < -0.4 is 9.80 Å². The van der Waals surface area contributed by atoms with E-state index in [2.05, 4.69) is 9.97 Å². The van der Waals surface area contributed by atoms with E-state index >= 15 is 0 Å². The third-order valence-electron chi connectivity index (χ3n) is 4.51. The predicted molar refractivity (Wildman–Crippen MR) is 115 cm³/mol. The number of thiazole rings is 1. The Morgan fingerprint density at radius 1 is 1.10 bits per heavy atom. The van der Waals surface area contributed by atoms with Crippen molar-refractivity contribution in [3.8, 4) is 0 Å². The highest BCUT2D eigenvalue weighted by Gasteiger charge is 2.22. The van der Waals surface area contributed by atoms with Gasteiger partial charge in [-0.15, -0.1) is 0 Å². The lowest BCUT2D eigenvalue weighted by atomic mass is 10.1. The maximum atomic E-state index is 13.6. The summed E-state index contributed by atoms with van der Waals surface area (Å²) in [4.78, 5) is 25.7. The molecule has 0 aliphatic heterocycles. The predicted octanol–water partition coefficient (Wildman–Crippen LogP) is 4.74. The normalized spacial score (nSPS) is 10.9. The molecule has 146 valence electrons. The molecule has 1 amide bonds. The van der Waals surface area contributed by atoms with E-state index in [-0.39, 0.29) is 11.7 Å². The van der Waals surface area contributed by atoms with E-state index in [0.29, 0.717) is 27.5 Å². The van der Waals surface area contributed by atoms with Crippen LogP contribution in [-0.4, -0.2) is 30.0 Å². The van der Waals surface area contributed by atoms with E-state index < -0.39 is 0 Å². The van der Waals surface area contributed by atoms with Crippen molar-refractivity contribution in [2.24, 2.45) is 0 Å². The first kappa shape index (κ1) is 19.0. The summed E-state index contributed by atoms with van der Waals surface area (Å²) in [5.74, 6) is -0.490. The van der Waals surface area contributed by atoms with Crippen molar-refractivity contribution in [1.29, 1.82) is 0 Å². The quantitative estimate of drug-likeness (QED) is 0.480. The minimum atomic E-state index is -0.322. The molecule has 0 bridgehead atoms. The molecule has 0 radical (unpaired) electrons. The van der Waals surface area contributed by atoms with Crippen LogP contribution >= 0.6 is 11.3 Å². The summed E-state index contributed by atoms with van der Waals surface area (Å²) in [6.45, 7) is 0.324. The summed E-state index contributed by atoms with van der Waals surface area (Å²) in [5.41, 5.74) is 3.12. The smallest absolute Gasteiger partial charge is 0.260 e. The molecule has 0 aliphatic rings. The second-order valence-electron chi connectivity index (χ2n) is 6.80. The van der Waals surface area contributed by atoms with E-state index in [1.165, 1.54) is 23.5 Å². The van der Waals surface area contributed by atoms with Crippen molar-refractivity contribution in [2.75, 3.05) is 23.9 Å². The van der Waals surface area contributed by atoms with Crippen LogP contribution in [0, 0.1) is 5.82 Å². The number of amides is 1. The fraction of sp³-hybridized carbons (Fsp3) is 0.136. The summed E-state index contributed by atoms with van der Waals surface area (Å²) < 4.78 is 14.3. The monoisotopic (exact) mass is 406 g/mol. The molecule has 2 aromatic heterocycles. The topological polar surface area (TPSA) is 49.3 Å². The second kappa shape index (κ2) is 7.97. The Bertz CT molecular complexity index is 1140. The van der Waals surface area contributed by atoms with Crippen LogP contribution in [0.1, 0.15) is 15.9 Å². The molecule has 0 aliphatic carbocycles. The zero-order chi connectivity index (χ0) is 20.4. The molecule has 0 fully saturated rings. The molecule has 0 spiro atoms. The van der Waals surface area contributed by atoms with Crippen molar-refractivity contribution in [1.82, 2.24) is 9.97 Å². The lowest BCUT2D eigenvalue weighted by Gasteiger charge is -2.20. The van der Waals surface area contributed by atoms with Crippen LogP contribution in [0.25, 0.3) is 10.2 Å². The van der Waals surface area contributed by atoms with Gasteiger partial charge in [0, 0.05) is 37.7 Å². The minimum Gasteiger partial charge on any atom is -0.378 e. The van der Waals surface area contributed by atoms with Gasteiger partial charge in [0.1, 0.15) is 5.82 Å². The number of halogens is 1. The largest absolute Gasteiger partial charge is 0.378 e. The second-order valence-corrected chi connectivity index (χ2v) is 7.81. The van der Waals surface area contributed by atoms with Crippen LogP contribution in [-0.2, 0) is 6.54 Å². The molecule has 7 heteroatoms. The van der Waals surface area contributed by atoms with Gasteiger partial charge >= 0.3 is 0 Å². The number of hydrogen-bond acceptors (Lipinski definition) is 5. The van der Waals surface area contributed by atoms with Crippen molar-refractivity contribution in [3.05, 3.63) is 83.9 Å². The third kappa shape index (κ3) is 4.09. The number of nitrogens with zero attached hydrogens (tertiary/aromatic N) is 4. The number of carbonyl (C=O) groups is 1. The number of rotatable bonds is 5. The number of fused-ring (bicyclic) bond motifs is 1. The van der Waals surface area contributed by atoms with Crippen LogP contribution in [0.15, 0.2) is 67.0 Å². The molecule has 2 heterocycles. The Morgan fingerprint density at radius 3 is 2.59 bits per heavy atom. The van der Waals surface area contributed by atoms with Gasteiger partial charge in [-0.2, -0.15) is 0 Å². The Hall–Kier alpha value is -3.32. The van der Waals surface area contributed by atoms with Crippen molar-refractivity contribution in [2.45, 2.75) is 6.54 Å². The molecular formula is C22H19FN4OS. The maximum absolute atomic E-state index is 13.6. The third-order valence-corrected chi connectivity index (χ3v) is 5.55. The van der Waals surface area contributed by atoms with Gasteiger partial charge < -0.3 is 4.90 Å². The molecule has 29 heavy (non-hydrogen) atoms. The molecule has 4 rings (SSSR count). The van der Waals surface area contributed by atoms with Gasteiger partial charge in [0.15, 0.2) is 5.13 Å². The summed E-state index contributed by atoms with van der Waals surface area (Å²) in [6.07, 6.45) is 3.42. The number of pyridine rings is 1. The van der Waals surface area contributed by atoms with Crippen molar-refractivity contribution in [3.63, 3.8) is 0 Å². The van der Waals surface area contributed by atoms with Crippen LogP contribution in [0.5, 0.6) is 0 Å². The van der Waals surface area contributed by atoms with E-state index in [0.717, 1.165) is 11.3 Å².